The highest BCUT2D eigenvalue weighted by Gasteiger charge is 2.27. The van der Waals surface area contributed by atoms with Gasteiger partial charge >= 0.3 is 6.18 Å². The molecule has 1 aromatic rings. The Hall–Kier alpha value is -1.03. The van der Waals surface area contributed by atoms with Crippen molar-refractivity contribution in [1.29, 1.82) is 0 Å². The summed E-state index contributed by atoms with van der Waals surface area (Å²) in [6.07, 6.45) is -2.72. The zero-order valence-electron chi connectivity index (χ0n) is 15.0. The molecule has 1 aliphatic rings. The Labute approximate surface area is 170 Å². The van der Waals surface area contributed by atoms with E-state index >= 15 is 0 Å². The predicted octanol–water partition coefficient (Wildman–Crippen LogP) is 4.03. The number of nitrogens with zero attached hydrogens (tertiary/aromatic N) is 2. The molecule has 1 fully saturated rings. The molecule has 0 amide bonds. The highest BCUT2D eigenvalue weighted by Crippen LogP contribution is 2.26. The number of benzene rings is 1. The van der Waals surface area contributed by atoms with E-state index in [-0.39, 0.29) is 30.6 Å². The summed E-state index contributed by atoms with van der Waals surface area (Å²) in [6, 6.07) is 10.4. The largest absolute Gasteiger partial charge is 0.411 e. The van der Waals surface area contributed by atoms with E-state index in [4.69, 9.17) is 0 Å². The average molecular weight is 485 g/mol. The van der Waals surface area contributed by atoms with E-state index in [0.717, 1.165) is 32.0 Å². The number of likely N-dealkylation sites (tertiary alicyclic amines) is 1. The van der Waals surface area contributed by atoms with Crippen molar-refractivity contribution in [3.63, 3.8) is 0 Å². The van der Waals surface area contributed by atoms with E-state index in [0.29, 0.717) is 18.9 Å². The molecule has 0 aromatic heterocycles. The van der Waals surface area contributed by atoms with E-state index in [9.17, 15) is 13.2 Å². The fourth-order valence-electron chi connectivity index (χ4n) is 2.92. The Morgan fingerprint density at radius 1 is 1.31 bits per heavy atom. The monoisotopic (exact) mass is 485 g/mol. The third kappa shape index (κ3) is 8.11. The first-order chi connectivity index (χ1) is 12.0. The Balaban J connectivity index is 0.00000338. The van der Waals surface area contributed by atoms with Gasteiger partial charge in [-0.25, -0.2) is 0 Å². The van der Waals surface area contributed by atoms with Crippen LogP contribution in [0.5, 0.6) is 0 Å². The van der Waals surface area contributed by atoms with Crippen LogP contribution in [0.15, 0.2) is 35.3 Å². The molecule has 26 heavy (non-hydrogen) atoms. The van der Waals surface area contributed by atoms with Crippen LogP contribution in [0.3, 0.4) is 0 Å². The molecule has 1 aliphatic heterocycles. The summed E-state index contributed by atoms with van der Waals surface area (Å²) in [4.78, 5) is 6.75. The van der Waals surface area contributed by atoms with Gasteiger partial charge in [0.2, 0.25) is 0 Å². The second kappa shape index (κ2) is 11.6. The van der Waals surface area contributed by atoms with Gasteiger partial charge in [-0.1, -0.05) is 30.3 Å². The molecule has 1 aromatic carbocycles. The van der Waals surface area contributed by atoms with Crippen LogP contribution in [-0.4, -0.2) is 56.4 Å². The minimum absolute atomic E-state index is 0. The second-order valence-electron chi connectivity index (χ2n) is 6.10. The van der Waals surface area contributed by atoms with Crippen LogP contribution in [-0.2, 0) is 4.74 Å². The van der Waals surface area contributed by atoms with Gasteiger partial charge in [0.25, 0.3) is 0 Å². The van der Waals surface area contributed by atoms with Crippen molar-refractivity contribution in [2.24, 2.45) is 4.99 Å². The molecule has 0 spiro atoms. The van der Waals surface area contributed by atoms with Crippen molar-refractivity contribution in [2.75, 3.05) is 39.4 Å². The maximum atomic E-state index is 12.0. The minimum Gasteiger partial charge on any atom is -0.372 e. The highest BCUT2D eigenvalue weighted by atomic mass is 127. The van der Waals surface area contributed by atoms with Crippen LogP contribution in [0.4, 0.5) is 13.2 Å². The normalized spacial score (nSPS) is 17.9. The van der Waals surface area contributed by atoms with Crippen LogP contribution in [0.25, 0.3) is 0 Å². The summed E-state index contributed by atoms with van der Waals surface area (Å²) in [5.74, 6) is 1.32. The number of rotatable bonds is 7. The molecule has 0 bridgehead atoms. The van der Waals surface area contributed by atoms with Crippen LogP contribution >= 0.6 is 24.0 Å². The van der Waals surface area contributed by atoms with Crippen LogP contribution in [0.1, 0.15) is 31.2 Å². The summed E-state index contributed by atoms with van der Waals surface area (Å²) in [7, 11) is 0. The lowest BCUT2D eigenvalue weighted by Gasteiger charge is -2.21. The molecule has 1 unspecified atom stereocenters. The lowest BCUT2D eigenvalue weighted by Crippen LogP contribution is -2.40. The summed E-state index contributed by atoms with van der Waals surface area (Å²) in [6.45, 7) is 3.92. The van der Waals surface area contributed by atoms with Gasteiger partial charge in [-0.05, 0) is 25.3 Å². The van der Waals surface area contributed by atoms with Crippen LogP contribution < -0.4 is 5.32 Å². The average Bonchev–Trinajstić information content (AvgIpc) is 3.07. The van der Waals surface area contributed by atoms with Gasteiger partial charge in [0.15, 0.2) is 5.96 Å². The van der Waals surface area contributed by atoms with Gasteiger partial charge < -0.3 is 15.0 Å². The molecule has 2 rings (SSSR count). The maximum absolute atomic E-state index is 12.0. The third-order valence-electron chi connectivity index (χ3n) is 4.07. The Kier molecular flexibility index (Phi) is 10.3. The number of guanidine groups is 1. The molecule has 8 heteroatoms. The molecule has 0 saturated carbocycles. The summed E-state index contributed by atoms with van der Waals surface area (Å²) >= 11 is 0. The quantitative estimate of drug-likeness (QED) is 0.274. The topological polar surface area (TPSA) is 36.9 Å². The van der Waals surface area contributed by atoms with Crippen LogP contribution in [0.2, 0.25) is 0 Å². The zero-order chi connectivity index (χ0) is 18.1. The van der Waals surface area contributed by atoms with E-state index < -0.39 is 12.8 Å². The third-order valence-corrected chi connectivity index (χ3v) is 4.07. The van der Waals surface area contributed by atoms with Gasteiger partial charge in [-0.2, -0.15) is 13.2 Å². The van der Waals surface area contributed by atoms with E-state index in [1.165, 1.54) is 5.56 Å². The number of hydrogen-bond donors (Lipinski definition) is 1. The molecule has 1 N–H and O–H groups in total. The molecule has 148 valence electrons. The molecule has 1 atom stereocenters. The standard InChI is InChI=1S/C18H26F3N3O.HI/c1-2-22-17(23-10-6-12-25-14-18(19,20)21)24-11-9-16(13-24)15-7-4-3-5-8-15;/h3-5,7-8,16H,2,6,9-14H2,1H3,(H,22,23);1H. The van der Waals surface area contributed by atoms with Crippen molar-refractivity contribution in [1.82, 2.24) is 10.2 Å². The smallest absolute Gasteiger partial charge is 0.372 e. The summed E-state index contributed by atoms with van der Waals surface area (Å²) in [5, 5.41) is 3.27. The SMILES string of the molecule is CCNC(=NCCCOCC(F)(F)F)N1CCC(c2ccccc2)C1.I. The molecule has 4 nitrogen and oxygen atoms in total. The van der Waals surface area contributed by atoms with Crippen molar-refractivity contribution in [2.45, 2.75) is 31.9 Å². The van der Waals surface area contributed by atoms with Crippen molar-refractivity contribution < 1.29 is 17.9 Å². The summed E-state index contributed by atoms with van der Waals surface area (Å²) < 4.78 is 40.6. The van der Waals surface area contributed by atoms with Gasteiger partial charge in [0, 0.05) is 38.7 Å². The Bertz CT molecular complexity index is 540. The van der Waals surface area contributed by atoms with Gasteiger partial charge in [0.05, 0.1) is 0 Å². The molecule has 0 radical (unpaired) electrons. The molecule has 1 heterocycles. The molecule has 1 saturated heterocycles. The number of alkyl halides is 3. The lowest BCUT2D eigenvalue weighted by molar-refractivity contribution is -0.173. The fourth-order valence-corrected chi connectivity index (χ4v) is 2.92. The van der Waals surface area contributed by atoms with Crippen molar-refractivity contribution >= 4 is 29.9 Å². The number of hydrogen-bond acceptors (Lipinski definition) is 2. The number of nitrogens with one attached hydrogen (secondary N) is 1. The summed E-state index contributed by atoms with van der Waals surface area (Å²) in [5.41, 5.74) is 1.33. The lowest BCUT2D eigenvalue weighted by atomic mass is 9.99. The number of halogens is 4. The first-order valence-electron chi connectivity index (χ1n) is 8.72. The van der Waals surface area contributed by atoms with Gasteiger partial charge in [-0.15, -0.1) is 24.0 Å². The van der Waals surface area contributed by atoms with Crippen molar-refractivity contribution in [3.05, 3.63) is 35.9 Å². The predicted molar refractivity (Wildman–Crippen MR) is 108 cm³/mol. The van der Waals surface area contributed by atoms with Crippen LogP contribution in [0, 0.1) is 0 Å². The van der Waals surface area contributed by atoms with E-state index in [2.05, 4.69) is 44.2 Å². The Morgan fingerprint density at radius 3 is 2.69 bits per heavy atom. The fraction of sp³-hybridized carbons (Fsp3) is 0.611. The number of aliphatic imine (C=N–C) groups is 1. The first kappa shape index (κ1) is 23.0. The zero-order valence-corrected chi connectivity index (χ0v) is 17.3. The number of ether oxygens (including phenoxy) is 1. The van der Waals surface area contributed by atoms with Crippen molar-refractivity contribution in [3.8, 4) is 0 Å². The maximum Gasteiger partial charge on any atom is 0.411 e. The van der Waals surface area contributed by atoms with Gasteiger partial charge in [0.1, 0.15) is 6.61 Å². The van der Waals surface area contributed by atoms with E-state index in [1.807, 2.05) is 13.0 Å². The van der Waals surface area contributed by atoms with E-state index in [1.54, 1.807) is 0 Å². The second-order valence-corrected chi connectivity index (χ2v) is 6.10. The molecular weight excluding hydrogens is 458 g/mol. The highest BCUT2D eigenvalue weighted by molar-refractivity contribution is 14.0. The first-order valence-corrected chi connectivity index (χ1v) is 8.72. The Morgan fingerprint density at radius 2 is 2.04 bits per heavy atom. The van der Waals surface area contributed by atoms with Gasteiger partial charge in [-0.3, -0.25) is 4.99 Å². The minimum atomic E-state index is -4.26. The molecular formula is C18H27F3IN3O. The molecule has 0 aliphatic carbocycles.